The fourth-order valence-electron chi connectivity index (χ4n) is 4.21. The number of hydrogen-bond acceptors (Lipinski definition) is 11. The lowest BCUT2D eigenvalue weighted by molar-refractivity contribution is -0.383. The van der Waals surface area contributed by atoms with Crippen LogP contribution in [0.4, 0.5) is 28.7 Å². The van der Waals surface area contributed by atoms with E-state index in [-0.39, 0.29) is 33.5 Å². The van der Waals surface area contributed by atoms with Gasteiger partial charge in [0.2, 0.25) is 11.6 Å². The topological polar surface area (TPSA) is 169 Å². The standard InChI is InChI=1S/C29H22Cl2N6O6/c1-15-8-21(22(13-32)16-4-6-19(30)7-5-16)23(31)12-24(15)36-27-25(37(40)41)26(33-14-34-27)35-20-10-17(28(38)42-2)9-18(11-20)29(39)43-3/h4-12,14,22H,1-3H3,(H2,33,34,35,36). The van der Waals surface area contributed by atoms with Gasteiger partial charge in [0.25, 0.3) is 0 Å². The predicted molar refractivity (Wildman–Crippen MR) is 159 cm³/mol. The van der Waals surface area contributed by atoms with Crippen molar-refractivity contribution in [2.75, 3.05) is 24.9 Å². The molecule has 0 spiro atoms. The van der Waals surface area contributed by atoms with Crippen LogP contribution in [-0.2, 0) is 9.47 Å². The number of anilines is 4. The molecular formula is C29H22Cl2N6O6. The molecule has 0 aliphatic carbocycles. The van der Waals surface area contributed by atoms with Crippen LogP contribution in [0, 0.1) is 28.4 Å². The Morgan fingerprint density at radius 2 is 1.53 bits per heavy atom. The predicted octanol–water partition coefficient (Wildman–Crippen LogP) is 6.72. The van der Waals surface area contributed by atoms with Crippen LogP contribution in [0.15, 0.2) is 60.9 Å². The van der Waals surface area contributed by atoms with Crippen molar-refractivity contribution in [1.29, 1.82) is 5.26 Å². The van der Waals surface area contributed by atoms with Crippen molar-refractivity contribution in [3.8, 4) is 6.07 Å². The molecule has 4 rings (SSSR count). The third-order valence-corrected chi connectivity index (χ3v) is 6.86. The summed E-state index contributed by atoms with van der Waals surface area (Å²) in [6.45, 7) is 1.75. The molecule has 3 aromatic carbocycles. The van der Waals surface area contributed by atoms with Crippen LogP contribution in [0.1, 0.15) is 43.3 Å². The van der Waals surface area contributed by atoms with Crippen molar-refractivity contribution in [2.45, 2.75) is 12.8 Å². The fraction of sp³-hybridized carbons (Fsp3) is 0.138. The van der Waals surface area contributed by atoms with E-state index in [1.165, 1.54) is 32.4 Å². The Hall–Kier alpha value is -5.25. The van der Waals surface area contributed by atoms with Gasteiger partial charge < -0.3 is 20.1 Å². The first-order chi connectivity index (χ1) is 20.6. The average molecular weight is 621 g/mol. The van der Waals surface area contributed by atoms with Gasteiger partial charge in [-0.05, 0) is 60.0 Å². The summed E-state index contributed by atoms with van der Waals surface area (Å²) in [5, 5.41) is 28.6. The van der Waals surface area contributed by atoms with Gasteiger partial charge >= 0.3 is 17.6 Å². The quantitative estimate of drug-likeness (QED) is 0.116. The first-order valence-corrected chi connectivity index (χ1v) is 13.1. The number of esters is 2. The van der Waals surface area contributed by atoms with Crippen LogP contribution in [-0.4, -0.2) is 41.0 Å². The monoisotopic (exact) mass is 620 g/mol. The van der Waals surface area contributed by atoms with Gasteiger partial charge in [-0.3, -0.25) is 10.1 Å². The molecule has 1 atom stereocenters. The highest BCUT2D eigenvalue weighted by Crippen LogP contribution is 2.38. The van der Waals surface area contributed by atoms with Crippen LogP contribution in [0.5, 0.6) is 0 Å². The molecular weight excluding hydrogens is 599 g/mol. The number of aryl methyl sites for hydroxylation is 1. The van der Waals surface area contributed by atoms with E-state index in [0.717, 1.165) is 6.33 Å². The maximum Gasteiger partial charge on any atom is 0.353 e. The minimum atomic E-state index is -0.737. The Morgan fingerprint density at radius 1 is 0.953 bits per heavy atom. The van der Waals surface area contributed by atoms with E-state index in [1.807, 2.05) is 0 Å². The number of carbonyl (C=O) groups is 2. The number of hydrogen-bond donors (Lipinski definition) is 2. The Bertz CT molecular complexity index is 1740. The van der Waals surface area contributed by atoms with Gasteiger partial charge in [-0.15, -0.1) is 0 Å². The second-order valence-corrected chi connectivity index (χ2v) is 9.85. The summed E-state index contributed by atoms with van der Waals surface area (Å²) in [6, 6.07) is 16.3. The zero-order valence-corrected chi connectivity index (χ0v) is 24.4. The molecule has 0 aliphatic heterocycles. The number of aromatic nitrogens is 2. The molecule has 1 unspecified atom stereocenters. The van der Waals surface area contributed by atoms with Gasteiger partial charge in [-0.2, -0.15) is 5.26 Å². The van der Waals surface area contributed by atoms with Crippen molar-refractivity contribution in [2.24, 2.45) is 0 Å². The lowest BCUT2D eigenvalue weighted by atomic mass is 9.91. The van der Waals surface area contributed by atoms with Gasteiger partial charge in [0.05, 0.1) is 42.3 Å². The number of nitrogens with zero attached hydrogens (tertiary/aromatic N) is 4. The maximum atomic E-state index is 12.2. The Labute approximate surface area is 255 Å². The molecule has 1 aromatic heterocycles. The molecule has 2 N–H and O–H groups in total. The van der Waals surface area contributed by atoms with Gasteiger partial charge in [-0.1, -0.05) is 41.4 Å². The van der Waals surface area contributed by atoms with Crippen molar-refractivity contribution < 1.29 is 24.0 Å². The molecule has 0 radical (unpaired) electrons. The number of nitrogens with one attached hydrogen (secondary N) is 2. The summed E-state index contributed by atoms with van der Waals surface area (Å²) < 4.78 is 9.48. The molecule has 1 heterocycles. The second-order valence-electron chi connectivity index (χ2n) is 9.01. The van der Waals surface area contributed by atoms with Crippen LogP contribution < -0.4 is 10.6 Å². The highest BCUT2D eigenvalue weighted by atomic mass is 35.5. The summed E-state index contributed by atoms with van der Waals surface area (Å²) in [4.78, 5) is 43.9. The molecule has 14 heteroatoms. The van der Waals surface area contributed by atoms with E-state index in [0.29, 0.717) is 27.4 Å². The molecule has 0 fully saturated rings. The third kappa shape index (κ3) is 6.81. The Kier molecular flexibility index (Phi) is 9.39. The van der Waals surface area contributed by atoms with Gasteiger partial charge in [-0.25, -0.2) is 19.6 Å². The van der Waals surface area contributed by atoms with E-state index < -0.39 is 28.5 Å². The number of carbonyl (C=O) groups excluding carboxylic acids is 2. The number of halogens is 2. The molecule has 43 heavy (non-hydrogen) atoms. The van der Waals surface area contributed by atoms with E-state index in [2.05, 4.69) is 26.7 Å². The van der Waals surface area contributed by atoms with Crippen LogP contribution in [0.25, 0.3) is 0 Å². The average Bonchev–Trinajstić information content (AvgIpc) is 2.99. The van der Waals surface area contributed by atoms with E-state index in [4.69, 9.17) is 32.7 Å². The lowest BCUT2D eigenvalue weighted by Gasteiger charge is -2.17. The number of rotatable bonds is 9. The summed E-state index contributed by atoms with van der Waals surface area (Å²) in [5.41, 5.74) is 1.87. The molecule has 12 nitrogen and oxygen atoms in total. The minimum Gasteiger partial charge on any atom is -0.465 e. The molecule has 0 saturated heterocycles. The summed E-state index contributed by atoms with van der Waals surface area (Å²) in [6.07, 6.45) is 1.10. The highest BCUT2D eigenvalue weighted by Gasteiger charge is 2.26. The normalized spacial score (nSPS) is 11.2. The number of methoxy groups -OCH3 is 2. The second kappa shape index (κ2) is 13.2. The van der Waals surface area contributed by atoms with Crippen LogP contribution >= 0.6 is 23.2 Å². The summed E-state index contributed by atoms with van der Waals surface area (Å²) >= 11 is 12.6. The molecule has 0 aliphatic rings. The number of benzene rings is 3. The van der Waals surface area contributed by atoms with Crippen LogP contribution in [0.2, 0.25) is 10.0 Å². The van der Waals surface area contributed by atoms with Crippen molar-refractivity contribution in [1.82, 2.24) is 9.97 Å². The molecule has 0 bridgehead atoms. The van der Waals surface area contributed by atoms with E-state index in [9.17, 15) is 25.0 Å². The lowest BCUT2D eigenvalue weighted by Crippen LogP contribution is -2.09. The molecule has 4 aromatic rings. The van der Waals surface area contributed by atoms with E-state index in [1.54, 1.807) is 43.3 Å². The van der Waals surface area contributed by atoms with E-state index >= 15 is 0 Å². The van der Waals surface area contributed by atoms with Crippen molar-refractivity contribution >= 4 is 63.8 Å². The number of nitro groups is 1. The zero-order valence-electron chi connectivity index (χ0n) is 22.8. The smallest absolute Gasteiger partial charge is 0.353 e. The Morgan fingerprint density at radius 3 is 2.07 bits per heavy atom. The molecule has 218 valence electrons. The van der Waals surface area contributed by atoms with Gasteiger partial charge in [0, 0.05) is 21.4 Å². The van der Waals surface area contributed by atoms with Gasteiger partial charge in [0.1, 0.15) is 6.33 Å². The highest BCUT2D eigenvalue weighted by molar-refractivity contribution is 6.32. The first kappa shape index (κ1) is 30.7. The summed E-state index contributed by atoms with van der Waals surface area (Å²) in [7, 11) is 2.35. The molecule has 0 saturated carbocycles. The zero-order chi connectivity index (χ0) is 31.3. The van der Waals surface area contributed by atoms with Crippen molar-refractivity contribution in [3.05, 3.63) is 109 Å². The number of ether oxygens (including phenoxy) is 2. The maximum absolute atomic E-state index is 12.2. The first-order valence-electron chi connectivity index (χ1n) is 12.4. The Balaban J connectivity index is 1.71. The van der Waals surface area contributed by atoms with Gasteiger partial charge in [0.15, 0.2) is 0 Å². The SMILES string of the molecule is COC(=O)c1cc(Nc2ncnc(Nc3cc(Cl)c(C(C#N)c4ccc(Cl)cc4)cc3C)c2[N+](=O)[O-])cc(C(=O)OC)c1. The number of nitriles is 1. The molecule has 0 amide bonds. The van der Waals surface area contributed by atoms with Crippen molar-refractivity contribution in [3.63, 3.8) is 0 Å². The summed E-state index contributed by atoms with van der Waals surface area (Å²) in [5.74, 6) is -2.55. The van der Waals surface area contributed by atoms with Crippen LogP contribution in [0.3, 0.4) is 0 Å². The third-order valence-electron chi connectivity index (χ3n) is 6.28. The minimum absolute atomic E-state index is 0.00240. The largest absolute Gasteiger partial charge is 0.465 e. The fourth-order valence-corrected chi connectivity index (χ4v) is 4.61.